The SMILES string of the molecule is CC(C)(C)OC(=O)N1CCC(O[Si](C)(C)C(C)(C)C)CC1. The van der Waals surface area contributed by atoms with Gasteiger partial charge in [0, 0.05) is 19.2 Å². The Morgan fingerprint density at radius 3 is 1.90 bits per heavy atom. The van der Waals surface area contributed by atoms with Crippen molar-refractivity contribution < 1.29 is 14.0 Å². The Bertz CT molecular complexity index is 361. The number of carbonyl (C=O) groups excluding carboxylic acids is 1. The standard InChI is InChI=1S/C16H33NO3Si/c1-15(2,3)19-14(18)17-11-9-13(10-12-17)20-21(7,8)16(4,5)6/h13H,9-12H2,1-8H3. The molecule has 1 heterocycles. The average Bonchev–Trinajstić information content (AvgIpc) is 2.25. The number of hydrogen-bond acceptors (Lipinski definition) is 3. The highest BCUT2D eigenvalue weighted by molar-refractivity contribution is 6.74. The Morgan fingerprint density at radius 2 is 1.52 bits per heavy atom. The third-order valence-corrected chi connectivity index (χ3v) is 8.90. The molecule has 0 aliphatic carbocycles. The van der Waals surface area contributed by atoms with Gasteiger partial charge in [-0.2, -0.15) is 0 Å². The molecule has 124 valence electrons. The van der Waals surface area contributed by atoms with E-state index in [1.54, 1.807) is 4.90 Å². The highest BCUT2D eigenvalue weighted by atomic mass is 28.4. The summed E-state index contributed by atoms with van der Waals surface area (Å²) in [5, 5.41) is 0.231. The van der Waals surface area contributed by atoms with Crippen molar-refractivity contribution in [3.8, 4) is 0 Å². The second-order valence-electron chi connectivity index (χ2n) is 8.54. The Labute approximate surface area is 131 Å². The minimum atomic E-state index is -1.71. The van der Waals surface area contributed by atoms with Crippen molar-refractivity contribution >= 4 is 14.4 Å². The van der Waals surface area contributed by atoms with E-state index in [0.717, 1.165) is 25.9 Å². The maximum absolute atomic E-state index is 12.0. The zero-order valence-corrected chi connectivity index (χ0v) is 16.1. The molecule has 0 aromatic carbocycles. The van der Waals surface area contributed by atoms with Crippen LogP contribution in [0.5, 0.6) is 0 Å². The molecule has 1 amide bonds. The minimum absolute atomic E-state index is 0.201. The van der Waals surface area contributed by atoms with Crippen LogP contribution in [-0.2, 0) is 9.16 Å². The second-order valence-corrected chi connectivity index (χ2v) is 13.3. The molecule has 0 bridgehead atoms. The van der Waals surface area contributed by atoms with E-state index in [2.05, 4.69) is 33.9 Å². The van der Waals surface area contributed by atoms with Crippen LogP contribution in [-0.4, -0.2) is 44.1 Å². The molecule has 0 unspecified atom stereocenters. The van der Waals surface area contributed by atoms with Gasteiger partial charge in [-0.1, -0.05) is 20.8 Å². The van der Waals surface area contributed by atoms with Crippen molar-refractivity contribution in [3.05, 3.63) is 0 Å². The van der Waals surface area contributed by atoms with Crippen LogP contribution < -0.4 is 0 Å². The second kappa shape index (κ2) is 6.29. The van der Waals surface area contributed by atoms with Crippen LogP contribution in [0.2, 0.25) is 18.1 Å². The van der Waals surface area contributed by atoms with E-state index in [9.17, 15) is 4.79 Å². The monoisotopic (exact) mass is 315 g/mol. The van der Waals surface area contributed by atoms with E-state index in [1.165, 1.54) is 0 Å². The fourth-order valence-corrected chi connectivity index (χ4v) is 3.50. The van der Waals surface area contributed by atoms with E-state index >= 15 is 0 Å². The summed E-state index contributed by atoms with van der Waals surface area (Å²) in [4.78, 5) is 13.8. The Balaban J connectivity index is 2.48. The van der Waals surface area contributed by atoms with Gasteiger partial charge in [-0.25, -0.2) is 4.79 Å². The van der Waals surface area contributed by atoms with Crippen molar-refractivity contribution in [1.82, 2.24) is 4.90 Å². The molecule has 0 atom stereocenters. The number of nitrogens with zero attached hydrogens (tertiary/aromatic N) is 1. The summed E-state index contributed by atoms with van der Waals surface area (Å²) >= 11 is 0. The molecule has 1 fully saturated rings. The van der Waals surface area contributed by atoms with E-state index in [4.69, 9.17) is 9.16 Å². The quantitative estimate of drug-likeness (QED) is 0.709. The molecule has 1 rings (SSSR count). The molecule has 4 nitrogen and oxygen atoms in total. The molecule has 1 aliphatic heterocycles. The summed E-state index contributed by atoms with van der Waals surface area (Å²) in [6.07, 6.45) is 1.90. The predicted octanol–water partition coefficient (Wildman–Crippen LogP) is 4.41. The van der Waals surface area contributed by atoms with Crippen molar-refractivity contribution in [1.29, 1.82) is 0 Å². The van der Waals surface area contributed by atoms with Gasteiger partial charge in [0.25, 0.3) is 0 Å². The van der Waals surface area contributed by atoms with Gasteiger partial charge in [0.2, 0.25) is 0 Å². The van der Waals surface area contributed by atoms with Gasteiger partial charge in [-0.15, -0.1) is 0 Å². The first-order valence-electron chi connectivity index (χ1n) is 7.97. The summed E-state index contributed by atoms with van der Waals surface area (Å²) in [7, 11) is -1.71. The number of hydrogen-bond donors (Lipinski definition) is 0. The van der Waals surface area contributed by atoms with Gasteiger partial charge in [-0.05, 0) is 51.7 Å². The Hall–Kier alpha value is -0.553. The van der Waals surface area contributed by atoms with Gasteiger partial charge in [-0.3, -0.25) is 0 Å². The number of likely N-dealkylation sites (tertiary alicyclic amines) is 1. The molecule has 0 N–H and O–H groups in total. The average molecular weight is 316 g/mol. The van der Waals surface area contributed by atoms with Crippen LogP contribution in [0, 0.1) is 0 Å². The summed E-state index contributed by atoms with van der Waals surface area (Å²) < 4.78 is 11.9. The smallest absolute Gasteiger partial charge is 0.410 e. The fraction of sp³-hybridized carbons (Fsp3) is 0.938. The topological polar surface area (TPSA) is 38.8 Å². The van der Waals surface area contributed by atoms with Crippen LogP contribution in [0.1, 0.15) is 54.4 Å². The molecule has 1 aliphatic rings. The van der Waals surface area contributed by atoms with Crippen LogP contribution >= 0.6 is 0 Å². The van der Waals surface area contributed by atoms with Gasteiger partial charge >= 0.3 is 6.09 Å². The third kappa shape index (κ3) is 5.62. The molecule has 0 saturated carbocycles. The molecule has 0 aromatic heterocycles. The highest BCUT2D eigenvalue weighted by Crippen LogP contribution is 2.38. The molecular weight excluding hydrogens is 282 g/mol. The first-order chi connectivity index (χ1) is 9.32. The lowest BCUT2D eigenvalue weighted by Gasteiger charge is -2.42. The van der Waals surface area contributed by atoms with E-state index in [-0.39, 0.29) is 17.2 Å². The van der Waals surface area contributed by atoms with Gasteiger partial charge < -0.3 is 14.1 Å². The number of rotatable bonds is 2. The van der Waals surface area contributed by atoms with E-state index < -0.39 is 13.9 Å². The predicted molar refractivity (Wildman–Crippen MR) is 89.1 cm³/mol. The number of carbonyl (C=O) groups is 1. The van der Waals surface area contributed by atoms with Crippen molar-refractivity contribution in [2.75, 3.05) is 13.1 Å². The molecule has 0 spiro atoms. The van der Waals surface area contributed by atoms with Crippen LogP contribution in [0.25, 0.3) is 0 Å². The van der Waals surface area contributed by atoms with E-state index in [1.807, 2.05) is 20.8 Å². The van der Waals surface area contributed by atoms with Crippen LogP contribution in [0.4, 0.5) is 4.79 Å². The van der Waals surface area contributed by atoms with Gasteiger partial charge in [0.1, 0.15) is 5.60 Å². The molecule has 21 heavy (non-hydrogen) atoms. The zero-order chi connectivity index (χ0) is 16.5. The van der Waals surface area contributed by atoms with Crippen LogP contribution in [0.3, 0.4) is 0 Å². The summed E-state index contributed by atoms with van der Waals surface area (Å²) in [6.45, 7) is 18.5. The first kappa shape index (κ1) is 18.5. The molecule has 5 heteroatoms. The lowest BCUT2D eigenvalue weighted by molar-refractivity contribution is 0.0114. The minimum Gasteiger partial charge on any atom is -0.444 e. The lowest BCUT2D eigenvalue weighted by atomic mass is 10.1. The van der Waals surface area contributed by atoms with Crippen molar-refractivity contribution in [2.45, 2.75) is 84.2 Å². The van der Waals surface area contributed by atoms with E-state index in [0.29, 0.717) is 0 Å². The molecular formula is C16H33NO3Si. The van der Waals surface area contributed by atoms with Crippen molar-refractivity contribution in [3.63, 3.8) is 0 Å². The molecule has 0 radical (unpaired) electrons. The maximum atomic E-state index is 12.0. The number of amides is 1. The summed E-state index contributed by atoms with van der Waals surface area (Å²) in [5.74, 6) is 0. The first-order valence-corrected chi connectivity index (χ1v) is 10.9. The normalized spacial score (nSPS) is 18.8. The zero-order valence-electron chi connectivity index (χ0n) is 15.1. The number of piperidine rings is 1. The summed E-state index contributed by atoms with van der Waals surface area (Å²) in [6, 6.07) is 0. The lowest BCUT2D eigenvalue weighted by Crippen LogP contribution is -2.48. The molecule has 0 aromatic rings. The van der Waals surface area contributed by atoms with Gasteiger partial charge in [0.15, 0.2) is 8.32 Å². The van der Waals surface area contributed by atoms with Gasteiger partial charge in [0.05, 0.1) is 0 Å². The maximum Gasteiger partial charge on any atom is 0.410 e. The van der Waals surface area contributed by atoms with Crippen LogP contribution in [0.15, 0.2) is 0 Å². The highest BCUT2D eigenvalue weighted by Gasteiger charge is 2.40. The third-order valence-electron chi connectivity index (χ3n) is 4.36. The fourth-order valence-electron chi connectivity index (χ4n) is 2.08. The Morgan fingerprint density at radius 1 is 1.05 bits per heavy atom. The largest absolute Gasteiger partial charge is 0.444 e. The molecule has 1 saturated heterocycles. The Kier molecular flexibility index (Phi) is 5.54. The summed E-state index contributed by atoms with van der Waals surface area (Å²) in [5.41, 5.74) is -0.425. The van der Waals surface area contributed by atoms with Crippen molar-refractivity contribution in [2.24, 2.45) is 0 Å². The number of ether oxygens (including phenoxy) is 1.